The Labute approximate surface area is 148 Å². The van der Waals surface area contributed by atoms with Gasteiger partial charge < -0.3 is 14.4 Å². The molecule has 6 heteroatoms. The summed E-state index contributed by atoms with van der Waals surface area (Å²) in [4.78, 5) is 14.7. The van der Waals surface area contributed by atoms with Crippen LogP contribution in [0.25, 0.3) is 0 Å². The van der Waals surface area contributed by atoms with Gasteiger partial charge in [-0.05, 0) is 31.0 Å². The Morgan fingerprint density at radius 3 is 2.88 bits per heavy atom. The maximum absolute atomic E-state index is 12.8. The van der Waals surface area contributed by atoms with Crippen molar-refractivity contribution in [3.63, 3.8) is 0 Å². The molecular formula is C19H25N3O3. The van der Waals surface area contributed by atoms with Crippen LogP contribution >= 0.6 is 0 Å². The molecule has 1 atom stereocenters. The Kier molecular flexibility index (Phi) is 5.71. The van der Waals surface area contributed by atoms with Crippen molar-refractivity contribution in [3.05, 3.63) is 47.8 Å². The van der Waals surface area contributed by atoms with Crippen LogP contribution in [0.15, 0.2) is 36.5 Å². The van der Waals surface area contributed by atoms with Gasteiger partial charge in [-0.15, -0.1) is 0 Å². The summed E-state index contributed by atoms with van der Waals surface area (Å²) in [6.07, 6.45) is 3.08. The fourth-order valence-corrected chi connectivity index (χ4v) is 3.27. The number of para-hydroxylation sites is 1. The van der Waals surface area contributed by atoms with Gasteiger partial charge in [0, 0.05) is 20.2 Å². The van der Waals surface area contributed by atoms with E-state index >= 15 is 0 Å². The third-order valence-electron chi connectivity index (χ3n) is 4.51. The van der Waals surface area contributed by atoms with E-state index in [1.54, 1.807) is 0 Å². The molecule has 3 rings (SSSR count). The normalized spacial score (nSPS) is 16.6. The van der Waals surface area contributed by atoms with Crippen molar-refractivity contribution in [2.45, 2.75) is 25.8 Å². The van der Waals surface area contributed by atoms with Gasteiger partial charge in [0.15, 0.2) is 0 Å². The summed E-state index contributed by atoms with van der Waals surface area (Å²) in [6, 6.07) is 9.49. The molecule has 0 N–H and O–H groups in total. The molecule has 25 heavy (non-hydrogen) atoms. The molecule has 1 amide bonds. The summed E-state index contributed by atoms with van der Waals surface area (Å²) < 4.78 is 13.2. The second-order valence-electron chi connectivity index (χ2n) is 6.10. The van der Waals surface area contributed by atoms with E-state index in [2.05, 4.69) is 5.10 Å². The molecule has 6 nitrogen and oxygen atoms in total. The monoisotopic (exact) mass is 343 g/mol. The van der Waals surface area contributed by atoms with E-state index in [0.29, 0.717) is 32.8 Å². The zero-order chi connectivity index (χ0) is 17.6. The first-order valence-electron chi connectivity index (χ1n) is 8.76. The Morgan fingerprint density at radius 1 is 1.32 bits per heavy atom. The van der Waals surface area contributed by atoms with Crippen LogP contribution in [-0.4, -0.2) is 47.0 Å². The number of ether oxygens (including phenoxy) is 2. The fourth-order valence-electron chi connectivity index (χ4n) is 3.27. The van der Waals surface area contributed by atoms with Gasteiger partial charge in [0.05, 0.1) is 37.6 Å². The third-order valence-corrected chi connectivity index (χ3v) is 4.51. The van der Waals surface area contributed by atoms with Gasteiger partial charge in [-0.1, -0.05) is 18.2 Å². The molecule has 0 fully saturated rings. The largest absolute Gasteiger partial charge is 0.493 e. The number of aryl methyl sites for hydroxylation is 1. The number of fused-ring (bicyclic) bond motifs is 1. The summed E-state index contributed by atoms with van der Waals surface area (Å²) in [5, 5.41) is 4.35. The van der Waals surface area contributed by atoms with E-state index in [4.69, 9.17) is 9.47 Å². The van der Waals surface area contributed by atoms with Gasteiger partial charge >= 0.3 is 0 Å². The zero-order valence-corrected chi connectivity index (χ0v) is 14.9. The lowest BCUT2D eigenvalue weighted by molar-refractivity contribution is -0.136. The van der Waals surface area contributed by atoms with Crippen molar-refractivity contribution in [2.75, 3.05) is 26.4 Å². The molecule has 0 aliphatic carbocycles. The SMILES string of the molecule is CCOCC1c2c(cnn2C)CCN1C(=O)CCOc1ccccc1. The van der Waals surface area contributed by atoms with Crippen molar-refractivity contribution in [3.8, 4) is 5.75 Å². The highest BCUT2D eigenvalue weighted by Gasteiger charge is 2.33. The van der Waals surface area contributed by atoms with Crippen LogP contribution in [-0.2, 0) is 23.0 Å². The first-order chi connectivity index (χ1) is 12.2. The van der Waals surface area contributed by atoms with Gasteiger partial charge in [0.2, 0.25) is 5.91 Å². The molecule has 1 aromatic heterocycles. The van der Waals surface area contributed by atoms with Crippen LogP contribution in [0.2, 0.25) is 0 Å². The van der Waals surface area contributed by atoms with Crippen molar-refractivity contribution in [2.24, 2.45) is 7.05 Å². The number of carbonyl (C=O) groups excluding carboxylic acids is 1. The van der Waals surface area contributed by atoms with Gasteiger partial charge in [-0.25, -0.2) is 0 Å². The van der Waals surface area contributed by atoms with Crippen LogP contribution in [0.1, 0.15) is 30.6 Å². The van der Waals surface area contributed by atoms with E-state index in [1.165, 1.54) is 5.56 Å². The zero-order valence-electron chi connectivity index (χ0n) is 14.9. The Morgan fingerprint density at radius 2 is 2.12 bits per heavy atom. The summed E-state index contributed by atoms with van der Waals surface area (Å²) in [5.41, 5.74) is 2.29. The van der Waals surface area contributed by atoms with Crippen molar-refractivity contribution >= 4 is 5.91 Å². The van der Waals surface area contributed by atoms with Gasteiger partial charge in [0.1, 0.15) is 5.75 Å². The van der Waals surface area contributed by atoms with E-state index in [-0.39, 0.29) is 11.9 Å². The maximum atomic E-state index is 12.8. The van der Waals surface area contributed by atoms with E-state index in [1.807, 2.05) is 60.1 Å². The Hall–Kier alpha value is -2.34. The van der Waals surface area contributed by atoms with Crippen LogP contribution < -0.4 is 4.74 Å². The smallest absolute Gasteiger partial charge is 0.226 e. The second-order valence-corrected chi connectivity index (χ2v) is 6.10. The molecule has 0 saturated carbocycles. The highest BCUT2D eigenvalue weighted by Crippen LogP contribution is 2.30. The van der Waals surface area contributed by atoms with E-state index < -0.39 is 0 Å². The number of benzene rings is 1. The number of hydrogen-bond acceptors (Lipinski definition) is 4. The molecule has 0 saturated heterocycles. The average molecular weight is 343 g/mol. The van der Waals surface area contributed by atoms with Crippen LogP contribution in [0.4, 0.5) is 0 Å². The highest BCUT2D eigenvalue weighted by atomic mass is 16.5. The summed E-state index contributed by atoms with van der Waals surface area (Å²) >= 11 is 0. The predicted octanol–water partition coefficient (Wildman–Crippen LogP) is 2.35. The molecule has 2 heterocycles. The van der Waals surface area contributed by atoms with Gasteiger partial charge in [-0.2, -0.15) is 5.10 Å². The maximum Gasteiger partial charge on any atom is 0.226 e. The molecule has 0 bridgehead atoms. The minimum Gasteiger partial charge on any atom is -0.493 e. The number of rotatable bonds is 7. The molecule has 134 valence electrons. The number of carbonyl (C=O) groups is 1. The molecule has 1 aliphatic heterocycles. The summed E-state index contributed by atoms with van der Waals surface area (Å²) in [6.45, 7) is 4.16. The van der Waals surface area contributed by atoms with Crippen molar-refractivity contribution in [1.29, 1.82) is 0 Å². The third kappa shape index (κ3) is 4.02. The molecular weight excluding hydrogens is 318 g/mol. The lowest BCUT2D eigenvalue weighted by Crippen LogP contribution is -2.43. The van der Waals surface area contributed by atoms with Crippen LogP contribution in [0.5, 0.6) is 5.75 Å². The molecule has 0 radical (unpaired) electrons. The minimum absolute atomic E-state index is 0.0829. The van der Waals surface area contributed by atoms with E-state index in [0.717, 1.165) is 17.9 Å². The average Bonchev–Trinajstić information content (AvgIpc) is 3.02. The molecule has 2 aromatic rings. The van der Waals surface area contributed by atoms with Crippen molar-refractivity contribution in [1.82, 2.24) is 14.7 Å². The number of nitrogens with zero attached hydrogens (tertiary/aromatic N) is 3. The topological polar surface area (TPSA) is 56.6 Å². The van der Waals surface area contributed by atoms with Gasteiger partial charge in [0.25, 0.3) is 0 Å². The predicted molar refractivity (Wildman–Crippen MR) is 94.4 cm³/mol. The number of aromatic nitrogens is 2. The lowest BCUT2D eigenvalue weighted by atomic mass is 9.99. The summed E-state index contributed by atoms with van der Waals surface area (Å²) in [5.74, 6) is 0.876. The molecule has 1 aliphatic rings. The molecule has 0 spiro atoms. The number of hydrogen-bond donors (Lipinski definition) is 0. The quantitative estimate of drug-likeness (QED) is 0.774. The first-order valence-corrected chi connectivity index (χ1v) is 8.76. The fraction of sp³-hybridized carbons (Fsp3) is 0.474. The van der Waals surface area contributed by atoms with Crippen molar-refractivity contribution < 1.29 is 14.3 Å². The standard InChI is InChI=1S/C19H25N3O3/c1-3-24-14-17-19-15(13-20-21(19)2)9-11-22(17)18(23)10-12-25-16-7-5-4-6-8-16/h4-8,13,17H,3,9-12,14H2,1-2H3. The highest BCUT2D eigenvalue weighted by molar-refractivity contribution is 5.77. The van der Waals surface area contributed by atoms with E-state index in [9.17, 15) is 4.79 Å². The molecule has 1 aromatic carbocycles. The van der Waals surface area contributed by atoms with Crippen LogP contribution in [0, 0.1) is 0 Å². The number of amides is 1. The Bertz CT molecular complexity index is 699. The molecule has 1 unspecified atom stereocenters. The minimum atomic E-state index is -0.0829. The Balaban J connectivity index is 1.65. The van der Waals surface area contributed by atoms with Crippen LogP contribution in [0.3, 0.4) is 0 Å². The lowest BCUT2D eigenvalue weighted by Gasteiger charge is -2.36. The summed E-state index contributed by atoms with van der Waals surface area (Å²) in [7, 11) is 1.92. The van der Waals surface area contributed by atoms with Gasteiger partial charge in [-0.3, -0.25) is 9.48 Å². The second kappa shape index (κ2) is 8.16. The first kappa shape index (κ1) is 17.5.